The van der Waals surface area contributed by atoms with E-state index < -0.39 is 5.97 Å². The number of anilines is 1. The number of hydrogen-bond acceptors (Lipinski definition) is 6. The van der Waals surface area contributed by atoms with E-state index in [4.69, 9.17) is 15.2 Å². The molecule has 0 saturated heterocycles. The Balaban J connectivity index is 2.13. The molecule has 0 bridgehead atoms. The molecule has 6 heteroatoms. The van der Waals surface area contributed by atoms with Crippen molar-refractivity contribution in [3.8, 4) is 16.3 Å². The van der Waals surface area contributed by atoms with Gasteiger partial charge in [-0.05, 0) is 31.5 Å². The third-order valence-electron chi connectivity index (χ3n) is 3.00. The number of unbranched alkanes of at least 4 members (excludes halogenated alkanes) is 1. The molecule has 118 valence electrons. The molecule has 2 N–H and O–H groups in total. The van der Waals surface area contributed by atoms with Gasteiger partial charge in [0.1, 0.15) is 10.8 Å². The molecule has 1 aromatic carbocycles. The first-order valence-corrected chi connectivity index (χ1v) is 8.19. The number of rotatable bonds is 7. The fourth-order valence-corrected chi connectivity index (χ4v) is 2.63. The van der Waals surface area contributed by atoms with Crippen LogP contribution in [-0.2, 0) is 4.74 Å². The molecule has 1 heterocycles. The predicted molar refractivity (Wildman–Crippen MR) is 88.3 cm³/mol. The van der Waals surface area contributed by atoms with Gasteiger partial charge in [-0.15, -0.1) is 11.3 Å². The molecular weight excluding hydrogens is 300 g/mol. The smallest absolute Gasteiger partial charge is 0.357 e. The Morgan fingerprint density at radius 2 is 2.18 bits per heavy atom. The monoisotopic (exact) mass is 320 g/mol. The fraction of sp³-hybridized carbons (Fsp3) is 0.375. The van der Waals surface area contributed by atoms with Crippen LogP contribution in [-0.4, -0.2) is 24.2 Å². The van der Waals surface area contributed by atoms with Crippen molar-refractivity contribution in [1.82, 2.24) is 4.98 Å². The first-order chi connectivity index (χ1) is 10.7. The Morgan fingerprint density at radius 1 is 1.36 bits per heavy atom. The Bertz CT molecular complexity index is 640. The molecule has 2 aromatic rings. The topological polar surface area (TPSA) is 74.4 Å². The second kappa shape index (κ2) is 7.79. The molecule has 5 nitrogen and oxygen atoms in total. The standard InChI is InChI=1S/C16H20N2O3S/c1-3-5-8-21-14-7-6-11(9-12(14)17)15-18-13(10-22-15)16(19)20-4-2/h6-7,9-10H,3-5,8,17H2,1-2H3. The molecule has 0 aliphatic carbocycles. The van der Waals surface area contributed by atoms with E-state index in [1.165, 1.54) is 11.3 Å². The van der Waals surface area contributed by atoms with E-state index >= 15 is 0 Å². The van der Waals surface area contributed by atoms with Gasteiger partial charge in [0.05, 0.1) is 18.9 Å². The molecule has 22 heavy (non-hydrogen) atoms. The lowest BCUT2D eigenvalue weighted by Gasteiger charge is -2.09. The van der Waals surface area contributed by atoms with E-state index in [9.17, 15) is 4.79 Å². The molecular formula is C16H20N2O3S. The van der Waals surface area contributed by atoms with Gasteiger partial charge in [-0.2, -0.15) is 0 Å². The molecule has 0 saturated carbocycles. The maximum atomic E-state index is 11.6. The average molecular weight is 320 g/mol. The van der Waals surface area contributed by atoms with Gasteiger partial charge < -0.3 is 15.2 Å². The van der Waals surface area contributed by atoms with Crippen LogP contribution in [0.15, 0.2) is 23.6 Å². The van der Waals surface area contributed by atoms with Crippen LogP contribution in [0.1, 0.15) is 37.2 Å². The summed E-state index contributed by atoms with van der Waals surface area (Å²) >= 11 is 1.38. The summed E-state index contributed by atoms with van der Waals surface area (Å²) in [6.07, 6.45) is 2.07. The maximum Gasteiger partial charge on any atom is 0.357 e. The number of nitrogen functional groups attached to an aromatic ring is 1. The Kier molecular flexibility index (Phi) is 5.77. The molecule has 0 amide bonds. The van der Waals surface area contributed by atoms with Crippen molar-refractivity contribution in [2.45, 2.75) is 26.7 Å². The van der Waals surface area contributed by atoms with E-state index in [1.807, 2.05) is 18.2 Å². The SMILES string of the molecule is CCCCOc1ccc(-c2nc(C(=O)OCC)cs2)cc1N. The van der Waals surface area contributed by atoms with Crippen molar-refractivity contribution < 1.29 is 14.3 Å². The van der Waals surface area contributed by atoms with Crippen molar-refractivity contribution in [1.29, 1.82) is 0 Å². The maximum absolute atomic E-state index is 11.6. The van der Waals surface area contributed by atoms with Gasteiger partial charge in [-0.25, -0.2) is 9.78 Å². The number of benzene rings is 1. The average Bonchev–Trinajstić information content (AvgIpc) is 2.99. The van der Waals surface area contributed by atoms with E-state index in [0.29, 0.717) is 30.3 Å². The van der Waals surface area contributed by atoms with Crippen LogP contribution in [0.3, 0.4) is 0 Å². The van der Waals surface area contributed by atoms with Crippen molar-refractivity contribution in [2.24, 2.45) is 0 Å². The summed E-state index contributed by atoms with van der Waals surface area (Å²) in [5, 5.41) is 2.42. The van der Waals surface area contributed by atoms with Crippen LogP contribution < -0.4 is 10.5 Å². The van der Waals surface area contributed by atoms with Crippen LogP contribution >= 0.6 is 11.3 Å². The van der Waals surface area contributed by atoms with Gasteiger partial charge >= 0.3 is 5.97 Å². The lowest BCUT2D eigenvalue weighted by Crippen LogP contribution is -2.04. The van der Waals surface area contributed by atoms with Gasteiger partial charge in [0.25, 0.3) is 0 Å². The second-order valence-electron chi connectivity index (χ2n) is 4.71. The Labute approximate surface area is 134 Å². The summed E-state index contributed by atoms with van der Waals surface area (Å²) in [5.41, 5.74) is 7.77. The number of ether oxygens (including phenoxy) is 2. The summed E-state index contributed by atoms with van der Waals surface area (Å²) in [7, 11) is 0. The minimum Gasteiger partial charge on any atom is -0.491 e. The fourth-order valence-electron chi connectivity index (χ4n) is 1.84. The van der Waals surface area contributed by atoms with Crippen LogP contribution in [0.5, 0.6) is 5.75 Å². The molecule has 0 fully saturated rings. The van der Waals surface area contributed by atoms with Gasteiger partial charge in [-0.1, -0.05) is 13.3 Å². The summed E-state index contributed by atoms with van der Waals surface area (Å²) in [6, 6.07) is 5.55. The van der Waals surface area contributed by atoms with Crippen molar-refractivity contribution in [3.05, 3.63) is 29.3 Å². The summed E-state index contributed by atoms with van der Waals surface area (Å²) in [4.78, 5) is 15.9. The van der Waals surface area contributed by atoms with E-state index in [2.05, 4.69) is 11.9 Å². The number of thiazole rings is 1. The van der Waals surface area contributed by atoms with Crippen LogP contribution in [0.4, 0.5) is 5.69 Å². The largest absolute Gasteiger partial charge is 0.491 e. The molecule has 0 radical (unpaired) electrons. The number of nitrogens with zero attached hydrogens (tertiary/aromatic N) is 1. The Morgan fingerprint density at radius 3 is 2.86 bits per heavy atom. The van der Waals surface area contributed by atoms with Gasteiger partial charge in [0.2, 0.25) is 0 Å². The predicted octanol–water partition coefficient (Wildman–Crippen LogP) is 3.75. The molecule has 0 spiro atoms. The first-order valence-electron chi connectivity index (χ1n) is 7.31. The number of carbonyl (C=O) groups is 1. The van der Waals surface area contributed by atoms with E-state index in [-0.39, 0.29) is 0 Å². The molecule has 0 aliphatic rings. The highest BCUT2D eigenvalue weighted by molar-refractivity contribution is 7.13. The van der Waals surface area contributed by atoms with Crippen LogP contribution in [0, 0.1) is 0 Å². The first kappa shape index (κ1) is 16.3. The summed E-state index contributed by atoms with van der Waals surface area (Å²) in [6.45, 7) is 4.87. The molecule has 0 atom stereocenters. The lowest BCUT2D eigenvalue weighted by molar-refractivity contribution is 0.0520. The Hall–Kier alpha value is -2.08. The van der Waals surface area contributed by atoms with E-state index in [1.54, 1.807) is 12.3 Å². The van der Waals surface area contributed by atoms with Crippen molar-refractivity contribution in [2.75, 3.05) is 18.9 Å². The van der Waals surface area contributed by atoms with E-state index in [0.717, 1.165) is 23.4 Å². The normalized spacial score (nSPS) is 10.5. The van der Waals surface area contributed by atoms with Gasteiger partial charge in [0, 0.05) is 10.9 Å². The highest BCUT2D eigenvalue weighted by Gasteiger charge is 2.13. The zero-order valence-corrected chi connectivity index (χ0v) is 13.6. The number of nitrogens with two attached hydrogens (primary N) is 1. The highest BCUT2D eigenvalue weighted by atomic mass is 32.1. The lowest BCUT2D eigenvalue weighted by atomic mass is 10.2. The quantitative estimate of drug-likeness (QED) is 0.478. The molecule has 2 rings (SSSR count). The minimum atomic E-state index is -0.405. The van der Waals surface area contributed by atoms with Crippen molar-refractivity contribution >= 4 is 23.0 Å². The molecule has 1 aromatic heterocycles. The molecule has 0 unspecified atom stereocenters. The van der Waals surface area contributed by atoms with Gasteiger partial charge in [0.15, 0.2) is 5.69 Å². The highest BCUT2D eigenvalue weighted by Crippen LogP contribution is 2.30. The van der Waals surface area contributed by atoms with Crippen LogP contribution in [0.2, 0.25) is 0 Å². The zero-order valence-electron chi connectivity index (χ0n) is 12.8. The number of esters is 1. The zero-order chi connectivity index (χ0) is 15.9. The number of aromatic nitrogens is 1. The second-order valence-corrected chi connectivity index (χ2v) is 5.57. The molecule has 0 aliphatic heterocycles. The number of hydrogen-bond donors (Lipinski definition) is 1. The third kappa shape index (κ3) is 3.98. The van der Waals surface area contributed by atoms with Crippen LogP contribution in [0.25, 0.3) is 10.6 Å². The third-order valence-corrected chi connectivity index (χ3v) is 3.89. The summed E-state index contributed by atoms with van der Waals surface area (Å²) in [5.74, 6) is 0.275. The minimum absolute atomic E-state index is 0.323. The number of carbonyl (C=O) groups excluding carboxylic acids is 1. The van der Waals surface area contributed by atoms with Gasteiger partial charge in [-0.3, -0.25) is 0 Å². The van der Waals surface area contributed by atoms with Crippen molar-refractivity contribution in [3.63, 3.8) is 0 Å². The summed E-state index contributed by atoms with van der Waals surface area (Å²) < 4.78 is 10.6.